The molecule has 0 aliphatic carbocycles. The topological polar surface area (TPSA) is 29.5 Å². The summed E-state index contributed by atoms with van der Waals surface area (Å²) in [6.45, 7) is 4.89. The summed E-state index contributed by atoms with van der Waals surface area (Å²) in [5.74, 6) is 0.216. The van der Waals surface area contributed by atoms with Crippen LogP contribution in [0.15, 0.2) is 24.3 Å². The average molecular weight is 257 g/mol. The van der Waals surface area contributed by atoms with Crippen molar-refractivity contribution in [3.05, 3.63) is 34.9 Å². The van der Waals surface area contributed by atoms with Gasteiger partial charge in [-0.2, -0.15) is 0 Å². The van der Waals surface area contributed by atoms with Crippen molar-refractivity contribution in [2.45, 2.75) is 32.8 Å². The first-order valence-corrected chi connectivity index (χ1v) is 6.47. The maximum absolute atomic E-state index is 9.34. The summed E-state index contributed by atoms with van der Waals surface area (Å²) in [7, 11) is 0. The lowest BCUT2D eigenvalue weighted by Crippen LogP contribution is -2.14. The lowest BCUT2D eigenvalue weighted by atomic mass is 9.97. The maximum Gasteiger partial charge on any atom is 0.0518 e. The Hall–Kier alpha value is -0.570. The van der Waals surface area contributed by atoms with Crippen LogP contribution < -0.4 is 0 Å². The maximum atomic E-state index is 9.34. The van der Waals surface area contributed by atoms with Crippen LogP contribution in [-0.2, 0) is 11.2 Å². The molecule has 1 aromatic rings. The van der Waals surface area contributed by atoms with Crippen LogP contribution in [0.1, 0.15) is 25.8 Å². The van der Waals surface area contributed by atoms with Crippen molar-refractivity contribution in [2.24, 2.45) is 5.92 Å². The molecule has 17 heavy (non-hydrogen) atoms. The van der Waals surface area contributed by atoms with E-state index in [1.54, 1.807) is 0 Å². The third-order valence-electron chi connectivity index (χ3n) is 2.70. The van der Waals surface area contributed by atoms with Crippen molar-refractivity contribution in [1.29, 1.82) is 0 Å². The quantitative estimate of drug-likeness (QED) is 0.811. The van der Waals surface area contributed by atoms with E-state index in [0.717, 1.165) is 23.4 Å². The first-order chi connectivity index (χ1) is 8.13. The van der Waals surface area contributed by atoms with Crippen molar-refractivity contribution in [3.63, 3.8) is 0 Å². The van der Waals surface area contributed by atoms with E-state index in [1.165, 1.54) is 0 Å². The molecular weight excluding hydrogens is 236 g/mol. The average Bonchev–Trinajstić information content (AvgIpc) is 2.30. The smallest absolute Gasteiger partial charge is 0.0518 e. The van der Waals surface area contributed by atoms with Gasteiger partial charge in [0.25, 0.3) is 0 Å². The Balaban J connectivity index is 2.44. The van der Waals surface area contributed by atoms with Crippen LogP contribution in [-0.4, -0.2) is 24.4 Å². The summed E-state index contributed by atoms with van der Waals surface area (Å²) in [6, 6.07) is 7.78. The number of halogens is 1. The molecule has 0 bridgehead atoms. The van der Waals surface area contributed by atoms with Gasteiger partial charge in [0.1, 0.15) is 0 Å². The molecule has 0 radical (unpaired) electrons. The molecule has 0 spiro atoms. The summed E-state index contributed by atoms with van der Waals surface area (Å²) in [6.07, 6.45) is 1.91. The number of aliphatic hydroxyl groups excluding tert-OH is 1. The van der Waals surface area contributed by atoms with Gasteiger partial charge in [-0.05, 0) is 44.2 Å². The molecule has 0 aliphatic heterocycles. The second kappa shape index (κ2) is 7.70. The molecular formula is C14H21ClO2. The van der Waals surface area contributed by atoms with Gasteiger partial charge in [-0.15, -0.1) is 0 Å². The van der Waals surface area contributed by atoms with Gasteiger partial charge in [-0.3, -0.25) is 0 Å². The Bertz CT molecular complexity index is 326. The number of aliphatic hydroxyl groups is 1. The first kappa shape index (κ1) is 14.5. The Morgan fingerprint density at radius 2 is 2.00 bits per heavy atom. The summed E-state index contributed by atoms with van der Waals surface area (Å²) < 4.78 is 5.50. The van der Waals surface area contributed by atoms with E-state index in [4.69, 9.17) is 16.3 Å². The van der Waals surface area contributed by atoms with Crippen LogP contribution in [0.25, 0.3) is 0 Å². The zero-order chi connectivity index (χ0) is 12.7. The van der Waals surface area contributed by atoms with Gasteiger partial charge in [-0.25, -0.2) is 0 Å². The molecule has 3 heteroatoms. The molecule has 0 aromatic heterocycles. The number of hydrogen-bond acceptors (Lipinski definition) is 2. The monoisotopic (exact) mass is 256 g/mol. The van der Waals surface area contributed by atoms with Crippen LogP contribution in [0, 0.1) is 5.92 Å². The van der Waals surface area contributed by atoms with Gasteiger partial charge in [0.2, 0.25) is 0 Å². The van der Waals surface area contributed by atoms with Crippen molar-refractivity contribution >= 4 is 11.6 Å². The minimum absolute atomic E-state index is 0.173. The Kier molecular flexibility index (Phi) is 6.56. The Morgan fingerprint density at radius 1 is 1.29 bits per heavy atom. The number of rotatable bonds is 7. The van der Waals surface area contributed by atoms with Crippen LogP contribution in [0.3, 0.4) is 0 Å². The highest BCUT2D eigenvalue weighted by Crippen LogP contribution is 2.20. The lowest BCUT2D eigenvalue weighted by Gasteiger charge is -2.16. The second-order valence-corrected chi connectivity index (χ2v) is 4.96. The predicted octanol–water partition coefficient (Wildman–Crippen LogP) is 3.31. The van der Waals surface area contributed by atoms with E-state index in [1.807, 2.05) is 38.1 Å². The number of hydrogen-bond donors (Lipinski definition) is 1. The van der Waals surface area contributed by atoms with Crippen LogP contribution in [0.4, 0.5) is 0 Å². The van der Waals surface area contributed by atoms with Gasteiger partial charge >= 0.3 is 0 Å². The first-order valence-electron chi connectivity index (χ1n) is 6.09. The summed E-state index contributed by atoms with van der Waals surface area (Å²) in [5, 5.41) is 10.1. The van der Waals surface area contributed by atoms with Gasteiger partial charge in [0.15, 0.2) is 0 Å². The molecule has 96 valence electrons. The molecule has 2 nitrogen and oxygen atoms in total. The lowest BCUT2D eigenvalue weighted by molar-refractivity contribution is 0.0612. The second-order valence-electron chi connectivity index (χ2n) is 4.55. The van der Waals surface area contributed by atoms with E-state index in [0.29, 0.717) is 6.61 Å². The molecule has 0 saturated heterocycles. The highest BCUT2D eigenvalue weighted by molar-refractivity contribution is 6.31. The number of benzene rings is 1. The highest BCUT2D eigenvalue weighted by Gasteiger charge is 2.11. The molecule has 1 N–H and O–H groups in total. The van der Waals surface area contributed by atoms with Crippen molar-refractivity contribution in [1.82, 2.24) is 0 Å². The van der Waals surface area contributed by atoms with Gasteiger partial charge < -0.3 is 9.84 Å². The molecule has 1 aromatic carbocycles. The molecule has 1 atom stereocenters. The van der Waals surface area contributed by atoms with E-state index in [9.17, 15) is 5.11 Å². The van der Waals surface area contributed by atoms with E-state index >= 15 is 0 Å². The summed E-state index contributed by atoms with van der Waals surface area (Å²) >= 11 is 6.10. The van der Waals surface area contributed by atoms with Crippen molar-refractivity contribution in [2.75, 3.05) is 13.2 Å². The third-order valence-corrected chi connectivity index (χ3v) is 3.07. The molecule has 0 amide bonds. The molecule has 0 heterocycles. The van der Waals surface area contributed by atoms with Crippen LogP contribution >= 0.6 is 11.6 Å². The number of ether oxygens (including phenoxy) is 1. The van der Waals surface area contributed by atoms with E-state index < -0.39 is 0 Å². The van der Waals surface area contributed by atoms with Gasteiger partial charge in [0.05, 0.1) is 6.10 Å². The highest BCUT2D eigenvalue weighted by atomic mass is 35.5. The largest absolute Gasteiger partial charge is 0.396 e. The fourth-order valence-electron chi connectivity index (χ4n) is 1.70. The zero-order valence-electron chi connectivity index (χ0n) is 10.5. The standard InChI is InChI=1S/C14H21ClO2/c1-11(2)17-8-7-12(10-16)9-13-5-3-4-6-14(13)15/h3-6,11-12,16H,7-10H2,1-2H3. The zero-order valence-corrected chi connectivity index (χ0v) is 11.3. The van der Waals surface area contributed by atoms with E-state index in [2.05, 4.69) is 0 Å². The fourth-order valence-corrected chi connectivity index (χ4v) is 1.92. The Labute approximate surface area is 109 Å². The molecule has 0 fully saturated rings. The SMILES string of the molecule is CC(C)OCCC(CO)Cc1ccccc1Cl. The normalized spacial score (nSPS) is 13.0. The molecule has 0 saturated carbocycles. The van der Waals surface area contributed by atoms with Crippen molar-refractivity contribution in [3.8, 4) is 0 Å². The minimum Gasteiger partial charge on any atom is -0.396 e. The molecule has 0 aliphatic rings. The van der Waals surface area contributed by atoms with Gasteiger partial charge in [0, 0.05) is 18.2 Å². The van der Waals surface area contributed by atoms with Crippen molar-refractivity contribution < 1.29 is 9.84 Å². The van der Waals surface area contributed by atoms with Gasteiger partial charge in [-0.1, -0.05) is 29.8 Å². The predicted molar refractivity (Wildman–Crippen MR) is 71.4 cm³/mol. The molecule has 1 rings (SSSR count). The van der Waals surface area contributed by atoms with Crippen LogP contribution in [0.2, 0.25) is 5.02 Å². The third kappa shape index (κ3) is 5.53. The fraction of sp³-hybridized carbons (Fsp3) is 0.571. The molecule has 1 unspecified atom stereocenters. The Morgan fingerprint density at radius 3 is 2.59 bits per heavy atom. The minimum atomic E-state index is 0.173. The summed E-state index contributed by atoms with van der Waals surface area (Å²) in [5.41, 5.74) is 1.10. The summed E-state index contributed by atoms with van der Waals surface area (Å²) in [4.78, 5) is 0. The van der Waals surface area contributed by atoms with Crippen LogP contribution in [0.5, 0.6) is 0 Å². The van der Waals surface area contributed by atoms with E-state index in [-0.39, 0.29) is 18.6 Å².